The van der Waals surface area contributed by atoms with Crippen molar-refractivity contribution < 1.29 is 9.59 Å². The Morgan fingerprint density at radius 2 is 1.74 bits per heavy atom. The number of hydrogen-bond donors (Lipinski definition) is 2. The maximum Gasteiger partial charge on any atom is 0.240 e. The first kappa shape index (κ1) is 16.9. The van der Waals surface area contributed by atoms with Gasteiger partial charge in [0.25, 0.3) is 0 Å². The van der Waals surface area contributed by atoms with Gasteiger partial charge in [0.1, 0.15) is 0 Å². The lowest BCUT2D eigenvalue weighted by molar-refractivity contribution is -0.124. The summed E-state index contributed by atoms with van der Waals surface area (Å²) in [5.41, 5.74) is 3.98. The van der Waals surface area contributed by atoms with Gasteiger partial charge >= 0.3 is 0 Å². The van der Waals surface area contributed by atoms with E-state index in [0.717, 1.165) is 10.0 Å². The molecule has 0 aliphatic carbocycles. The Morgan fingerprint density at radius 1 is 1.00 bits per heavy atom. The van der Waals surface area contributed by atoms with Crippen LogP contribution in [-0.4, -0.2) is 18.0 Å². The first-order chi connectivity index (χ1) is 11.1. The van der Waals surface area contributed by atoms with Crippen LogP contribution in [0.25, 0.3) is 0 Å². The molecule has 0 unspecified atom stereocenters. The van der Waals surface area contributed by atoms with E-state index < -0.39 is 0 Å². The number of rotatable bonds is 6. The molecule has 23 heavy (non-hydrogen) atoms. The van der Waals surface area contributed by atoms with Crippen molar-refractivity contribution in [2.75, 3.05) is 5.32 Å². The van der Waals surface area contributed by atoms with Crippen molar-refractivity contribution in [3.8, 4) is 0 Å². The van der Waals surface area contributed by atoms with Crippen molar-refractivity contribution in [2.45, 2.75) is 12.8 Å². The minimum Gasteiger partial charge on any atom is -0.326 e. The normalized spacial score (nSPS) is 10.5. The first-order valence-corrected chi connectivity index (χ1v) is 7.85. The van der Waals surface area contributed by atoms with Crippen molar-refractivity contribution in [3.63, 3.8) is 0 Å². The van der Waals surface area contributed by atoms with E-state index in [4.69, 9.17) is 0 Å². The Hall–Kier alpha value is -2.47. The molecule has 0 heterocycles. The molecule has 0 aliphatic heterocycles. The summed E-state index contributed by atoms with van der Waals surface area (Å²) in [5.74, 6) is -0.521. The zero-order valence-corrected chi connectivity index (χ0v) is 13.9. The maximum absolute atomic E-state index is 11.8. The number of amides is 2. The number of anilines is 1. The molecule has 0 spiro atoms. The topological polar surface area (TPSA) is 70.6 Å². The lowest BCUT2D eigenvalue weighted by Crippen LogP contribution is -2.20. The van der Waals surface area contributed by atoms with Gasteiger partial charge in [0.2, 0.25) is 11.8 Å². The fraction of sp³-hybridized carbons (Fsp3) is 0.118. The molecule has 0 atom stereocenters. The summed E-state index contributed by atoms with van der Waals surface area (Å²) in [6, 6.07) is 16.7. The number of nitrogens with one attached hydrogen (secondary N) is 2. The first-order valence-electron chi connectivity index (χ1n) is 7.06. The van der Waals surface area contributed by atoms with Crippen LogP contribution in [0.3, 0.4) is 0 Å². The van der Waals surface area contributed by atoms with Crippen LogP contribution < -0.4 is 10.7 Å². The van der Waals surface area contributed by atoms with Gasteiger partial charge in [-0.2, -0.15) is 5.10 Å². The zero-order valence-electron chi connectivity index (χ0n) is 12.3. The molecule has 2 rings (SSSR count). The second-order valence-corrected chi connectivity index (χ2v) is 5.68. The quantitative estimate of drug-likeness (QED) is 0.602. The van der Waals surface area contributed by atoms with Crippen LogP contribution in [0.5, 0.6) is 0 Å². The van der Waals surface area contributed by atoms with Crippen LogP contribution in [0.4, 0.5) is 5.69 Å². The molecule has 0 saturated carbocycles. The Morgan fingerprint density at radius 3 is 2.48 bits per heavy atom. The summed E-state index contributed by atoms with van der Waals surface area (Å²) >= 11 is 3.33. The van der Waals surface area contributed by atoms with Crippen molar-refractivity contribution in [2.24, 2.45) is 5.10 Å². The molecule has 2 amide bonds. The van der Waals surface area contributed by atoms with Gasteiger partial charge in [-0.1, -0.05) is 52.3 Å². The van der Waals surface area contributed by atoms with Crippen molar-refractivity contribution in [3.05, 3.63) is 64.6 Å². The van der Waals surface area contributed by atoms with Crippen LogP contribution in [0.15, 0.2) is 64.2 Å². The van der Waals surface area contributed by atoms with E-state index in [2.05, 4.69) is 31.8 Å². The molecular formula is C17H16BrN3O2. The van der Waals surface area contributed by atoms with Gasteiger partial charge in [0.05, 0.1) is 6.21 Å². The Bertz CT molecular complexity index is 702. The highest BCUT2D eigenvalue weighted by Crippen LogP contribution is 2.15. The fourth-order valence-electron chi connectivity index (χ4n) is 1.79. The second-order valence-electron chi connectivity index (χ2n) is 4.76. The highest BCUT2D eigenvalue weighted by molar-refractivity contribution is 9.10. The maximum atomic E-state index is 11.8. The Balaban J connectivity index is 1.71. The van der Waals surface area contributed by atoms with E-state index in [1.165, 1.54) is 0 Å². The predicted octanol–water partition coefficient (Wildman–Crippen LogP) is 3.32. The third-order valence-electron chi connectivity index (χ3n) is 2.89. The van der Waals surface area contributed by atoms with Gasteiger partial charge in [-0.3, -0.25) is 9.59 Å². The molecule has 0 aliphatic rings. The molecular weight excluding hydrogens is 358 g/mol. The number of hydrogen-bond acceptors (Lipinski definition) is 3. The average molecular weight is 374 g/mol. The number of hydrazone groups is 1. The molecule has 0 bridgehead atoms. The largest absolute Gasteiger partial charge is 0.326 e. The van der Waals surface area contributed by atoms with Crippen LogP contribution in [-0.2, 0) is 9.59 Å². The van der Waals surface area contributed by atoms with Gasteiger partial charge in [0, 0.05) is 23.0 Å². The highest BCUT2D eigenvalue weighted by Gasteiger charge is 2.06. The summed E-state index contributed by atoms with van der Waals surface area (Å²) in [7, 11) is 0. The Kier molecular flexibility index (Phi) is 6.50. The summed E-state index contributed by atoms with van der Waals surface area (Å²) < 4.78 is 0.878. The number of nitrogens with zero attached hydrogens (tertiary/aromatic N) is 1. The zero-order chi connectivity index (χ0) is 16.5. The minimum absolute atomic E-state index is 0.0754. The summed E-state index contributed by atoms with van der Waals surface area (Å²) in [6.07, 6.45) is 1.73. The molecule has 5 nitrogen and oxygen atoms in total. The van der Waals surface area contributed by atoms with E-state index in [1.54, 1.807) is 18.3 Å². The number of carbonyl (C=O) groups is 2. The van der Waals surface area contributed by atoms with Crippen LogP contribution >= 0.6 is 15.9 Å². The molecule has 0 radical (unpaired) electrons. The van der Waals surface area contributed by atoms with Crippen molar-refractivity contribution in [1.82, 2.24) is 5.43 Å². The third kappa shape index (κ3) is 6.44. The summed E-state index contributed by atoms with van der Waals surface area (Å²) in [5, 5.41) is 6.59. The summed E-state index contributed by atoms with van der Waals surface area (Å²) in [6.45, 7) is 0. The average Bonchev–Trinajstić information content (AvgIpc) is 2.54. The van der Waals surface area contributed by atoms with E-state index in [-0.39, 0.29) is 24.7 Å². The lowest BCUT2D eigenvalue weighted by Gasteiger charge is -2.05. The molecule has 118 valence electrons. The number of benzene rings is 2. The van der Waals surface area contributed by atoms with Gasteiger partial charge in [-0.25, -0.2) is 5.43 Å². The van der Waals surface area contributed by atoms with E-state index >= 15 is 0 Å². The second kappa shape index (κ2) is 8.85. The molecule has 0 aromatic heterocycles. The highest BCUT2D eigenvalue weighted by atomic mass is 79.9. The monoisotopic (exact) mass is 373 g/mol. The van der Waals surface area contributed by atoms with E-state index in [0.29, 0.717) is 5.69 Å². The van der Waals surface area contributed by atoms with E-state index in [1.807, 2.05) is 42.5 Å². The van der Waals surface area contributed by atoms with Crippen molar-refractivity contribution >= 4 is 39.6 Å². The van der Waals surface area contributed by atoms with Gasteiger partial charge in [0.15, 0.2) is 0 Å². The van der Waals surface area contributed by atoms with Crippen LogP contribution in [0.1, 0.15) is 18.4 Å². The Labute approximate surface area is 142 Å². The number of carbonyl (C=O) groups excluding carboxylic acids is 2. The third-order valence-corrected chi connectivity index (χ3v) is 3.38. The minimum atomic E-state index is -0.304. The van der Waals surface area contributed by atoms with Crippen LogP contribution in [0.2, 0.25) is 0 Å². The molecule has 2 aromatic rings. The standard InChI is InChI=1S/C17H16BrN3O2/c18-14-7-4-8-15(11-14)20-16(22)9-10-17(23)21-19-12-13-5-2-1-3-6-13/h1-8,11-12H,9-10H2,(H,20,22)(H,21,23)/b19-12-. The van der Waals surface area contributed by atoms with Gasteiger partial charge < -0.3 is 5.32 Å². The molecule has 2 N–H and O–H groups in total. The smallest absolute Gasteiger partial charge is 0.240 e. The summed E-state index contributed by atoms with van der Waals surface area (Å²) in [4.78, 5) is 23.4. The lowest BCUT2D eigenvalue weighted by atomic mass is 10.2. The molecule has 0 fully saturated rings. The fourth-order valence-corrected chi connectivity index (χ4v) is 2.19. The SMILES string of the molecule is O=C(CCC(=O)Nc1cccc(Br)c1)N/N=C\c1ccccc1. The predicted molar refractivity (Wildman–Crippen MR) is 94.2 cm³/mol. The van der Waals surface area contributed by atoms with E-state index in [9.17, 15) is 9.59 Å². The van der Waals surface area contributed by atoms with Crippen molar-refractivity contribution in [1.29, 1.82) is 0 Å². The molecule has 6 heteroatoms. The van der Waals surface area contributed by atoms with Gasteiger partial charge in [-0.15, -0.1) is 0 Å². The van der Waals surface area contributed by atoms with Gasteiger partial charge in [-0.05, 0) is 23.8 Å². The molecule has 2 aromatic carbocycles. The molecule has 0 saturated heterocycles. The number of halogens is 1. The van der Waals surface area contributed by atoms with Crippen LogP contribution in [0, 0.1) is 0 Å².